The molecule has 4 aromatic rings. The number of nitrogens with zero attached hydrogens (tertiary/aromatic N) is 5. The standard InChI is InChI=1S/C41H51N5O5Si/c1-28-39(52(4,5)32-19-17-31(50-3)18-20-32)37(22-24-45-26-35(42-43-45)33(27-47)29-13-9-8-10-14-29)51-41(28)34-25-30(16-21-36(34)44(2)40(41)49)46-23-12-7-6-11-15-38(46)48/h8-10,13-14,16-21,25-26,28,33,37,39,47H,6-7,11-12,15,22-24,27H2,1-5H3/t28-,33?,37+,39-,41+/m0/s1. The van der Waals surface area contributed by atoms with Gasteiger partial charge in [-0.1, -0.05) is 85.7 Å². The van der Waals surface area contributed by atoms with Crippen LogP contribution in [0.5, 0.6) is 5.75 Å². The van der Waals surface area contributed by atoms with Crippen molar-refractivity contribution >= 4 is 36.4 Å². The van der Waals surface area contributed by atoms with Crippen LogP contribution in [-0.4, -0.2) is 73.4 Å². The van der Waals surface area contributed by atoms with E-state index in [9.17, 15) is 14.7 Å². The molecule has 3 aliphatic rings. The Morgan fingerprint density at radius 1 is 1.02 bits per heavy atom. The topological polar surface area (TPSA) is 110 Å². The number of carbonyl (C=O) groups excluding carboxylic acids is 2. The first-order valence-electron chi connectivity index (χ1n) is 18.7. The summed E-state index contributed by atoms with van der Waals surface area (Å²) in [6, 6.07) is 24.3. The van der Waals surface area contributed by atoms with Gasteiger partial charge in [0.15, 0.2) is 5.60 Å². The molecular formula is C41H51N5O5Si. The van der Waals surface area contributed by atoms with Gasteiger partial charge in [-0.05, 0) is 60.7 Å². The molecule has 0 aliphatic carbocycles. The Balaban J connectivity index is 1.25. The number of aryl methyl sites for hydroxylation is 1. The third kappa shape index (κ3) is 6.26. The highest BCUT2D eigenvalue weighted by Gasteiger charge is 2.65. The number of aromatic nitrogens is 3. The van der Waals surface area contributed by atoms with Crippen molar-refractivity contribution in [3.05, 3.63) is 95.8 Å². The first-order valence-corrected chi connectivity index (χ1v) is 21.8. The van der Waals surface area contributed by atoms with Gasteiger partial charge in [0, 0.05) is 49.9 Å². The maximum Gasteiger partial charge on any atom is 0.264 e. The molecule has 4 heterocycles. The minimum atomic E-state index is -2.34. The van der Waals surface area contributed by atoms with Crippen molar-refractivity contribution in [2.45, 2.75) is 88.3 Å². The van der Waals surface area contributed by atoms with Gasteiger partial charge >= 0.3 is 0 Å². The van der Waals surface area contributed by atoms with Crippen molar-refractivity contribution in [3.8, 4) is 5.75 Å². The van der Waals surface area contributed by atoms with E-state index in [1.807, 2.05) is 77.4 Å². The summed E-state index contributed by atoms with van der Waals surface area (Å²) in [5.41, 5.74) is 3.09. The molecule has 11 heteroatoms. The van der Waals surface area contributed by atoms with Crippen molar-refractivity contribution < 1.29 is 24.2 Å². The Bertz CT molecular complexity index is 1900. The minimum absolute atomic E-state index is 0.0603. The van der Waals surface area contributed by atoms with Crippen LogP contribution in [-0.2, 0) is 26.5 Å². The number of amides is 2. The van der Waals surface area contributed by atoms with Crippen LogP contribution in [0.3, 0.4) is 0 Å². The molecule has 5 atom stereocenters. The quantitative estimate of drug-likeness (QED) is 0.201. The summed E-state index contributed by atoms with van der Waals surface area (Å²) in [7, 11) is 1.17. The van der Waals surface area contributed by atoms with Gasteiger partial charge in [-0.3, -0.25) is 14.3 Å². The van der Waals surface area contributed by atoms with E-state index in [0.29, 0.717) is 31.6 Å². The van der Waals surface area contributed by atoms with Crippen molar-refractivity contribution in [1.82, 2.24) is 15.0 Å². The number of aliphatic hydroxyl groups is 1. The van der Waals surface area contributed by atoms with Crippen molar-refractivity contribution in [2.24, 2.45) is 5.92 Å². The highest BCUT2D eigenvalue weighted by Crippen LogP contribution is 2.60. The summed E-state index contributed by atoms with van der Waals surface area (Å²) in [6.07, 6.45) is 6.86. The predicted molar refractivity (Wildman–Crippen MR) is 205 cm³/mol. The fraction of sp³-hybridized carbons (Fsp3) is 0.463. The lowest BCUT2D eigenvalue weighted by Gasteiger charge is -2.37. The Morgan fingerprint density at radius 2 is 1.77 bits per heavy atom. The Labute approximate surface area is 307 Å². The van der Waals surface area contributed by atoms with E-state index >= 15 is 0 Å². The monoisotopic (exact) mass is 721 g/mol. The molecule has 1 spiro atoms. The average molecular weight is 722 g/mol. The molecule has 0 radical (unpaired) electrons. The summed E-state index contributed by atoms with van der Waals surface area (Å²) in [6.45, 7) is 8.09. The Kier molecular flexibility index (Phi) is 10.1. The van der Waals surface area contributed by atoms with Gasteiger partial charge in [-0.2, -0.15) is 0 Å². The molecule has 52 heavy (non-hydrogen) atoms. The maximum absolute atomic E-state index is 14.7. The van der Waals surface area contributed by atoms with Gasteiger partial charge < -0.3 is 24.4 Å². The zero-order valence-electron chi connectivity index (χ0n) is 31.0. The highest BCUT2D eigenvalue weighted by atomic mass is 28.3. The molecule has 10 nitrogen and oxygen atoms in total. The minimum Gasteiger partial charge on any atom is -0.497 e. The van der Waals surface area contributed by atoms with Crippen LogP contribution in [0, 0.1) is 5.92 Å². The van der Waals surface area contributed by atoms with Crippen LogP contribution in [0.2, 0.25) is 18.6 Å². The second kappa shape index (κ2) is 14.6. The van der Waals surface area contributed by atoms with E-state index in [2.05, 4.69) is 48.5 Å². The number of likely N-dealkylation sites (N-methyl/N-ethyl adjacent to an activating group) is 1. The SMILES string of the molecule is COc1ccc([Si](C)(C)[C@@H]2[C@@H](CCn3cc(C(CO)c4ccccc4)nn3)O[C@]3(C(=O)N(C)c4ccc(N5CCCCCCC5=O)cc43)[C@H]2C)cc1. The summed E-state index contributed by atoms with van der Waals surface area (Å²) in [5.74, 6) is 0.462. The fourth-order valence-electron chi connectivity index (χ4n) is 9.17. The largest absolute Gasteiger partial charge is 0.497 e. The van der Waals surface area contributed by atoms with E-state index in [-0.39, 0.29) is 41.9 Å². The van der Waals surface area contributed by atoms with E-state index in [0.717, 1.165) is 53.9 Å². The Morgan fingerprint density at radius 3 is 2.50 bits per heavy atom. The van der Waals surface area contributed by atoms with Crippen molar-refractivity contribution in [2.75, 3.05) is 37.1 Å². The molecule has 0 bridgehead atoms. The number of benzene rings is 3. The number of hydrogen-bond donors (Lipinski definition) is 1. The molecule has 3 aliphatic heterocycles. The van der Waals surface area contributed by atoms with E-state index in [1.54, 1.807) is 12.0 Å². The van der Waals surface area contributed by atoms with Crippen molar-refractivity contribution in [1.29, 1.82) is 0 Å². The van der Waals surface area contributed by atoms with Gasteiger partial charge in [0.1, 0.15) is 5.75 Å². The van der Waals surface area contributed by atoms with E-state index in [1.165, 1.54) is 5.19 Å². The molecule has 0 saturated carbocycles. The average Bonchev–Trinajstić information content (AvgIpc) is 3.80. The second-order valence-electron chi connectivity index (χ2n) is 15.3. The van der Waals surface area contributed by atoms with Crippen LogP contribution in [0.4, 0.5) is 11.4 Å². The lowest BCUT2D eigenvalue weighted by molar-refractivity contribution is -0.145. The molecule has 274 valence electrons. The van der Waals surface area contributed by atoms with Gasteiger partial charge in [-0.25, -0.2) is 0 Å². The van der Waals surface area contributed by atoms with Gasteiger partial charge in [0.25, 0.3) is 5.91 Å². The normalized spacial score (nSPS) is 24.2. The first kappa shape index (κ1) is 36.1. The number of fused-ring (bicyclic) bond motifs is 2. The fourth-order valence-corrected chi connectivity index (χ4v) is 13.2. The lowest BCUT2D eigenvalue weighted by atomic mass is 9.82. The van der Waals surface area contributed by atoms with Crippen LogP contribution in [0.1, 0.15) is 68.2 Å². The molecule has 1 aromatic heterocycles. The molecule has 1 N–H and O–H groups in total. The number of aliphatic hydroxyl groups excluding tert-OH is 1. The third-order valence-electron chi connectivity index (χ3n) is 12.0. The molecule has 7 rings (SSSR count). The second-order valence-corrected chi connectivity index (χ2v) is 20.0. The van der Waals surface area contributed by atoms with Gasteiger partial charge in [0.05, 0.1) is 45.2 Å². The number of ether oxygens (including phenoxy) is 2. The molecule has 1 unspecified atom stereocenters. The van der Waals surface area contributed by atoms with Crippen LogP contribution in [0.15, 0.2) is 79.0 Å². The number of anilines is 2. The Hall–Kier alpha value is -4.32. The summed E-state index contributed by atoms with van der Waals surface area (Å²) in [4.78, 5) is 31.7. The van der Waals surface area contributed by atoms with Gasteiger partial charge in [-0.15, -0.1) is 5.10 Å². The predicted octanol–water partition coefficient (Wildman–Crippen LogP) is 5.99. The number of carbonyl (C=O) groups is 2. The van der Waals surface area contributed by atoms with Crippen LogP contribution in [0.25, 0.3) is 0 Å². The molecular weight excluding hydrogens is 671 g/mol. The van der Waals surface area contributed by atoms with E-state index < -0.39 is 13.7 Å². The first-order chi connectivity index (χ1) is 25.1. The molecule has 2 saturated heterocycles. The number of hydrogen-bond acceptors (Lipinski definition) is 7. The van der Waals surface area contributed by atoms with Gasteiger partial charge in [0.2, 0.25) is 5.91 Å². The number of rotatable bonds is 10. The summed E-state index contributed by atoms with van der Waals surface area (Å²) >= 11 is 0. The summed E-state index contributed by atoms with van der Waals surface area (Å²) in [5, 5.41) is 20.5. The van der Waals surface area contributed by atoms with E-state index in [4.69, 9.17) is 9.47 Å². The maximum atomic E-state index is 14.7. The van der Waals surface area contributed by atoms with Crippen molar-refractivity contribution in [3.63, 3.8) is 0 Å². The van der Waals surface area contributed by atoms with Crippen LogP contribution < -0.4 is 19.7 Å². The smallest absolute Gasteiger partial charge is 0.264 e. The summed E-state index contributed by atoms with van der Waals surface area (Å²) < 4.78 is 14.6. The molecule has 2 fully saturated rings. The third-order valence-corrected chi connectivity index (χ3v) is 16.4. The molecule has 2 amide bonds. The zero-order chi connectivity index (χ0) is 36.6. The van der Waals surface area contributed by atoms with Crippen LogP contribution >= 0.6 is 0 Å². The molecule has 3 aromatic carbocycles. The number of methoxy groups -OCH3 is 1. The lowest BCUT2D eigenvalue weighted by Crippen LogP contribution is -2.51. The highest BCUT2D eigenvalue weighted by molar-refractivity contribution is 6.91. The zero-order valence-corrected chi connectivity index (χ0v) is 32.0.